The average molecular weight is 246 g/mol. The van der Waals surface area contributed by atoms with Crippen molar-refractivity contribution in [1.29, 1.82) is 0 Å². The van der Waals surface area contributed by atoms with Crippen molar-refractivity contribution in [2.45, 2.75) is 19.4 Å². The lowest BCUT2D eigenvalue weighted by atomic mass is 10.2. The van der Waals surface area contributed by atoms with Crippen LogP contribution in [0.3, 0.4) is 0 Å². The summed E-state index contributed by atoms with van der Waals surface area (Å²) < 4.78 is 13.0. The van der Waals surface area contributed by atoms with Gasteiger partial charge >= 0.3 is 0 Å². The molecule has 5 N–H and O–H groups in total. The Morgan fingerprint density at radius 3 is 2.81 bits per heavy atom. The number of rotatable bonds is 4. The van der Waals surface area contributed by atoms with Crippen LogP contribution in [0.2, 0.25) is 5.02 Å². The van der Waals surface area contributed by atoms with E-state index in [9.17, 15) is 9.18 Å². The third-order valence-electron chi connectivity index (χ3n) is 2.00. The van der Waals surface area contributed by atoms with Gasteiger partial charge in [-0.15, -0.1) is 0 Å². The SMILES string of the molecule is CC(CC(N)=O)Nc1cc(Cl)c(F)cc1N. The summed E-state index contributed by atoms with van der Waals surface area (Å²) in [7, 11) is 0. The summed E-state index contributed by atoms with van der Waals surface area (Å²) in [5, 5.41) is 2.91. The van der Waals surface area contributed by atoms with E-state index in [-0.39, 0.29) is 23.2 Å². The van der Waals surface area contributed by atoms with Crippen molar-refractivity contribution in [2.24, 2.45) is 5.73 Å². The van der Waals surface area contributed by atoms with E-state index < -0.39 is 11.7 Å². The highest BCUT2D eigenvalue weighted by Gasteiger charge is 2.10. The molecule has 0 aromatic heterocycles. The maximum absolute atomic E-state index is 13.0. The van der Waals surface area contributed by atoms with Crippen LogP contribution in [0.25, 0.3) is 0 Å². The minimum Gasteiger partial charge on any atom is -0.397 e. The molecule has 1 atom stereocenters. The number of amides is 1. The summed E-state index contributed by atoms with van der Waals surface area (Å²) in [5.41, 5.74) is 11.4. The van der Waals surface area contributed by atoms with Gasteiger partial charge in [-0.25, -0.2) is 4.39 Å². The molecule has 0 bridgehead atoms. The van der Waals surface area contributed by atoms with Crippen molar-refractivity contribution < 1.29 is 9.18 Å². The van der Waals surface area contributed by atoms with Gasteiger partial charge in [0.1, 0.15) is 5.82 Å². The zero-order valence-corrected chi connectivity index (χ0v) is 9.51. The largest absolute Gasteiger partial charge is 0.397 e. The van der Waals surface area contributed by atoms with Crippen molar-refractivity contribution in [2.75, 3.05) is 11.1 Å². The van der Waals surface area contributed by atoms with Crippen LogP contribution < -0.4 is 16.8 Å². The lowest BCUT2D eigenvalue weighted by Gasteiger charge is -2.15. The van der Waals surface area contributed by atoms with Crippen molar-refractivity contribution >= 4 is 28.9 Å². The Bertz CT molecular complexity index is 411. The van der Waals surface area contributed by atoms with Gasteiger partial charge in [0.05, 0.1) is 16.4 Å². The van der Waals surface area contributed by atoms with Gasteiger partial charge in [-0.1, -0.05) is 11.6 Å². The van der Waals surface area contributed by atoms with E-state index in [4.69, 9.17) is 23.1 Å². The zero-order chi connectivity index (χ0) is 12.3. The maximum atomic E-state index is 13.0. The number of halogens is 2. The normalized spacial score (nSPS) is 12.2. The van der Waals surface area contributed by atoms with Gasteiger partial charge in [-0.3, -0.25) is 4.79 Å². The molecule has 0 fully saturated rings. The fourth-order valence-corrected chi connectivity index (χ4v) is 1.47. The fourth-order valence-electron chi connectivity index (χ4n) is 1.31. The summed E-state index contributed by atoms with van der Waals surface area (Å²) in [5.74, 6) is -1.00. The van der Waals surface area contributed by atoms with E-state index in [1.807, 2.05) is 0 Å². The molecule has 1 rings (SSSR count). The summed E-state index contributed by atoms with van der Waals surface area (Å²) >= 11 is 5.61. The Hall–Kier alpha value is -1.49. The first kappa shape index (κ1) is 12.6. The van der Waals surface area contributed by atoms with Gasteiger partial charge in [0.25, 0.3) is 0 Å². The molecule has 1 aromatic rings. The Kier molecular flexibility index (Phi) is 3.95. The van der Waals surface area contributed by atoms with Crippen LogP contribution in [-0.4, -0.2) is 11.9 Å². The molecule has 4 nitrogen and oxygen atoms in total. The molecule has 6 heteroatoms. The predicted octanol–water partition coefficient (Wildman–Crippen LogP) is 1.74. The van der Waals surface area contributed by atoms with E-state index in [0.717, 1.165) is 6.07 Å². The molecular formula is C10H13ClFN3O. The fraction of sp³-hybridized carbons (Fsp3) is 0.300. The van der Waals surface area contributed by atoms with Gasteiger partial charge in [-0.05, 0) is 13.0 Å². The van der Waals surface area contributed by atoms with E-state index in [0.29, 0.717) is 5.69 Å². The number of nitrogens with two attached hydrogens (primary N) is 2. The van der Waals surface area contributed by atoms with Crippen molar-refractivity contribution in [3.05, 3.63) is 23.0 Å². The first-order valence-corrected chi connectivity index (χ1v) is 5.07. The highest BCUT2D eigenvalue weighted by molar-refractivity contribution is 6.31. The molecule has 0 aliphatic heterocycles. The summed E-state index contributed by atoms with van der Waals surface area (Å²) in [4.78, 5) is 10.7. The molecule has 0 heterocycles. The van der Waals surface area contributed by atoms with Crippen LogP contribution in [-0.2, 0) is 4.79 Å². The third kappa shape index (κ3) is 3.27. The van der Waals surface area contributed by atoms with Crippen LogP contribution in [0.15, 0.2) is 12.1 Å². The molecule has 0 spiro atoms. The van der Waals surface area contributed by atoms with Crippen LogP contribution >= 0.6 is 11.6 Å². The summed E-state index contributed by atoms with van der Waals surface area (Å²) in [6, 6.07) is 2.31. The lowest BCUT2D eigenvalue weighted by Crippen LogP contribution is -2.24. The topological polar surface area (TPSA) is 81.1 Å². The van der Waals surface area contributed by atoms with Crippen LogP contribution in [0, 0.1) is 5.82 Å². The smallest absolute Gasteiger partial charge is 0.219 e. The lowest BCUT2D eigenvalue weighted by molar-refractivity contribution is -0.118. The molecule has 88 valence electrons. The molecule has 0 aliphatic rings. The zero-order valence-electron chi connectivity index (χ0n) is 8.76. The van der Waals surface area contributed by atoms with Gasteiger partial charge in [0.15, 0.2) is 0 Å². The van der Waals surface area contributed by atoms with Crippen LogP contribution in [0.4, 0.5) is 15.8 Å². The van der Waals surface area contributed by atoms with Gasteiger partial charge in [0.2, 0.25) is 5.91 Å². The molecule has 1 amide bonds. The number of primary amides is 1. The number of nitrogens with one attached hydrogen (secondary N) is 1. The molecule has 0 radical (unpaired) electrons. The Balaban J connectivity index is 2.81. The van der Waals surface area contributed by atoms with E-state index >= 15 is 0 Å². The van der Waals surface area contributed by atoms with Gasteiger partial charge in [-0.2, -0.15) is 0 Å². The standard InChI is InChI=1S/C10H13ClFN3O/c1-5(2-10(14)16)15-9-3-6(11)7(12)4-8(9)13/h3-5,15H,2,13H2,1H3,(H2,14,16). The second-order valence-corrected chi connectivity index (χ2v) is 3.98. The second-order valence-electron chi connectivity index (χ2n) is 3.57. The first-order valence-electron chi connectivity index (χ1n) is 4.69. The van der Waals surface area contributed by atoms with Crippen LogP contribution in [0.1, 0.15) is 13.3 Å². The molecule has 0 saturated heterocycles. The molecule has 1 aromatic carbocycles. The minimum atomic E-state index is -0.577. The Morgan fingerprint density at radius 2 is 2.25 bits per heavy atom. The summed E-state index contributed by atoms with van der Waals surface area (Å²) in [6.07, 6.45) is 0.161. The highest BCUT2D eigenvalue weighted by atomic mass is 35.5. The number of carbonyl (C=O) groups is 1. The molecule has 1 unspecified atom stereocenters. The van der Waals surface area contributed by atoms with E-state index in [2.05, 4.69) is 5.32 Å². The quantitative estimate of drug-likeness (QED) is 0.707. The third-order valence-corrected chi connectivity index (χ3v) is 2.29. The molecule has 16 heavy (non-hydrogen) atoms. The average Bonchev–Trinajstić information content (AvgIpc) is 2.12. The highest BCUT2D eigenvalue weighted by Crippen LogP contribution is 2.26. The van der Waals surface area contributed by atoms with Gasteiger partial charge in [0, 0.05) is 18.5 Å². The Morgan fingerprint density at radius 1 is 1.62 bits per heavy atom. The summed E-state index contributed by atoms with van der Waals surface area (Å²) in [6.45, 7) is 1.77. The number of nitrogen functional groups attached to an aromatic ring is 1. The maximum Gasteiger partial charge on any atom is 0.219 e. The van der Waals surface area contributed by atoms with Gasteiger partial charge < -0.3 is 16.8 Å². The number of benzene rings is 1. The monoisotopic (exact) mass is 245 g/mol. The first-order chi connectivity index (χ1) is 7.40. The van der Waals surface area contributed by atoms with Crippen LogP contribution in [0.5, 0.6) is 0 Å². The van der Waals surface area contributed by atoms with E-state index in [1.165, 1.54) is 6.07 Å². The van der Waals surface area contributed by atoms with E-state index in [1.54, 1.807) is 6.92 Å². The number of hydrogen-bond donors (Lipinski definition) is 3. The molecule has 0 aliphatic carbocycles. The number of anilines is 2. The predicted molar refractivity (Wildman–Crippen MR) is 62.7 cm³/mol. The van der Waals surface area contributed by atoms with Crippen molar-refractivity contribution in [1.82, 2.24) is 0 Å². The van der Waals surface area contributed by atoms with Crippen molar-refractivity contribution in [3.63, 3.8) is 0 Å². The number of hydrogen-bond acceptors (Lipinski definition) is 3. The molecular weight excluding hydrogens is 233 g/mol. The Labute approximate surface area is 97.8 Å². The number of carbonyl (C=O) groups excluding carboxylic acids is 1. The molecule has 0 saturated carbocycles. The second kappa shape index (κ2) is 5.03. The van der Waals surface area contributed by atoms with Crippen molar-refractivity contribution in [3.8, 4) is 0 Å². The minimum absolute atomic E-state index is 0.0250.